The summed E-state index contributed by atoms with van der Waals surface area (Å²) in [6.07, 6.45) is 1.35. The molecule has 6 heteroatoms. The molecule has 0 fully saturated rings. The zero-order valence-electron chi connectivity index (χ0n) is 9.85. The zero-order valence-corrected chi connectivity index (χ0v) is 9.85. The number of hydrogen-bond acceptors (Lipinski definition) is 3. The van der Waals surface area contributed by atoms with Crippen LogP contribution in [0.2, 0.25) is 0 Å². The number of pyridine rings is 1. The second kappa shape index (κ2) is 5.01. The smallest absolute Gasteiger partial charge is 0.341 e. The van der Waals surface area contributed by atoms with Crippen LogP contribution in [0, 0.1) is 18.6 Å². The maximum atomic E-state index is 13.4. The summed E-state index contributed by atoms with van der Waals surface area (Å²) in [5.41, 5.74) is 0.270. The largest absolute Gasteiger partial charge is 0.477 e. The lowest BCUT2D eigenvalue weighted by molar-refractivity contribution is 0.0692. The lowest BCUT2D eigenvalue weighted by Gasteiger charge is -2.09. The molecule has 1 aromatic carbocycles. The summed E-state index contributed by atoms with van der Waals surface area (Å²) in [4.78, 5) is 14.9. The van der Waals surface area contributed by atoms with Crippen LogP contribution in [0.5, 0.6) is 11.6 Å². The number of carbonyl (C=O) groups is 1. The van der Waals surface area contributed by atoms with Crippen LogP contribution >= 0.6 is 0 Å². The number of aryl methyl sites for hydroxylation is 1. The van der Waals surface area contributed by atoms with Crippen molar-refractivity contribution in [1.82, 2.24) is 4.98 Å². The molecular formula is C13H9F2NO3. The summed E-state index contributed by atoms with van der Waals surface area (Å²) >= 11 is 0. The van der Waals surface area contributed by atoms with Crippen molar-refractivity contribution in [2.75, 3.05) is 0 Å². The van der Waals surface area contributed by atoms with Crippen LogP contribution in [0.1, 0.15) is 15.9 Å². The van der Waals surface area contributed by atoms with Gasteiger partial charge in [-0.2, -0.15) is 0 Å². The van der Waals surface area contributed by atoms with E-state index in [1.165, 1.54) is 12.3 Å². The average molecular weight is 265 g/mol. The first-order valence-corrected chi connectivity index (χ1v) is 5.31. The normalized spacial score (nSPS) is 10.3. The molecule has 0 saturated carbocycles. The Labute approximate surface area is 107 Å². The van der Waals surface area contributed by atoms with Crippen molar-refractivity contribution < 1.29 is 23.4 Å². The Bertz CT molecular complexity index is 644. The third-order valence-electron chi connectivity index (χ3n) is 2.44. The van der Waals surface area contributed by atoms with Gasteiger partial charge >= 0.3 is 5.97 Å². The molecule has 1 N–H and O–H groups in total. The van der Waals surface area contributed by atoms with Crippen molar-refractivity contribution in [1.29, 1.82) is 0 Å². The molecule has 0 atom stereocenters. The summed E-state index contributed by atoms with van der Waals surface area (Å²) in [7, 11) is 0. The molecule has 0 unspecified atom stereocenters. The molecule has 98 valence electrons. The van der Waals surface area contributed by atoms with Gasteiger partial charge in [0.25, 0.3) is 0 Å². The molecule has 2 rings (SSSR count). The van der Waals surface area contributed by atoms with Crippen LogP contribution in [0.25, 0.3) is 0 Å². The van der Waals surface area contributed by atoms with Gasteiger partial charge in [-0.25, -0.2) is 18.6 Å². The molecule has 1 heterocycles. The van der Waals surface area contributed by atoms with Gasteiger partial charge in [-0.05, 0) is 30.7 Å². The first-order valence-electron chi connectivity index (χ1n) is 5.31. The molecule has 1 aromatic heterocycles. The number of hydrogen-bond donors (Lipinski definition) is 1. The average Bonchev–Trinajstić information content (AvgIpc) is 2.32. The van der Waals surface area contributed by atoms with E-state index >= 15 is 0 Å². The lowest BCUT2D eigenvalue weighted by Crippen LogP contribution is -2.05. The molecule has 19 heavy (non-hydrogen) atoms. The van der Waals surface area contributed by atoms with Gasteiger partial charge in [0.1, 0.15) is 11.4 Å². The van der Waals surface area contributed by atoms with Gasteiger partial charge in [-0.3, -0.25) is 0 Å². The minimum Gasteiger partial charge on any atom is -0.477 e. The van der Waals surface area contributed by atoms with Crippen molar-refractivity contribution >= 4 is 5.97 Å². The number of nitrogens with zero attached hydrogens (tertiary/aromatic N) is 1. The van der Waals surface area contributed by atoms with Gasteiger partial charge in [0.15, 0.2) is 11.6 Å². The highest BCUT2D eigenvalue weighted by molar-refractivity contribution is 5.91. The number of ether oxygens (including phenoxy) is 1. The molecule has 0 aliphatic heterocycles. The number of aromatic carboxylic acids is 1. The second-order valence-electron chi connectivity index (χ2n) is 3.79. The molecule has 0 aliphatic rings. The zero-order chi connectivity index (χ0) is 14.0. The fourth-order valence-electron chi connectivity index (χ4n) is 1.53. The number of carboxylic acids is 1. The Morgan fingerprint density at radius 1 is 1.32 bits per heavy atom. The highest BCUT2D eigenvalue weighted by atomic mass is 19.1. The van der Waals surface area contributed by atoms with Gasteiger partial charge in [0.05, 0.1) is 0 Å². The first kappa shape index (κ1) is 12.9. The van der Waals surface area contributed by atoms with E-state index in [2.05, 4.69) is 4.98 Å². The number of carboxylic acid groups (broad SMARTS) is 1. The fraction of sp³-hybridized carbons (Fsp3) is 0.0769. The maximum absolute atomic E-state index is 13.4. The lowest BCUT2D eigenvalue weighted by atomic mass is 10.1. The fourth-order valence-corrected chi connectivity index (χ4v) is 1.53. The van der Waals surface area contributed by atoms with Gasteiger partial charge in [0.2, 0.25) is 5.88 Å². The molecule has 0 bridgehead atoms. The van der Waals surface area contributed by atoms with Crippen LogP contribution in [0.15, 0.2) is 30.5 Å². The van der Waals surface area contributed by atoms with Crippen molar-refractivity contribution in [3.63, 3.8) is 0 Å². The maximum Gasteiger partial charge on any atom is 0.341 e. The number of halogens is 2. The highest BCUT2D eigenvalue weighted by Crippen LogP contribution is 2.27. The Hall–Kier alpha value is -2.50. The van der Waals surface area contributed by atoms with E-state index in [0.717, 1.165) is 12.1 Å². The van der Waals surface area contributed by atoms with Gasteiger partial charge in [-0.15, -0.1) is 0 Å². The van der Waals surface area contributed by atoms with Crippen LogP contribution in [0.3, 0.4) is 0 Å². The topological polar surface area (TPSA) is 59.4 Å². The minimum absolute atomic E-state index is 0.161. The summed E-state index contributed by atoms with van der Waals surface area (Å²) < 4.78 is 31.3. The van der Waals surface area contributed by atoms with E-state index in [9.17, 15) is 13.6 Å². The number of benzene rings is 1. The predicted molar refractivity (Wildman–Crippen MR) is 62.4 cm³/mol. The van der Waals surface area contributed by atoms with Crippen molar-refractivity contribution in [2.24, 2.45) is 0 Å². The molecule has 4 nitrogen and oxygen atoms in total. The Morgan fingerprint density at radius 3 is 2.68 bits per heavy atom. The van der Waals surface area contributed by atoms with Crippen molar-refractivity contribution in [3.8, 4) is 11.6 Å². The minimum atomic E-state index is -1.23. The monoisotopic (exact) mass is 265 g/mol. The third-order valence-corrected chi connectivity index (χ3v) is 2.44. The molecule has 0 saturated heterocycles. The molecule has 2 aromatic rings. The first-order chi connectivity index (χ1) is 8.99. The summed E-state index contributed by atoms with van der Waals surface area (Å²) in [5, 5.41) is 9.06. The van der Waals surface area contributed by atoms with Crippen LogP contribution in [0.4, 0.5) is 8.78 Å². The van der Waals surface area contributed by atoms with Crippen LogP contribution in [-0.4, -0.2) is 16.1 Å². The quantitative estimate of drug-likeness (QED) is 0.926. The van der Waals surface area contributed by atoms with E-state index < -0.39 is 17.6 Å². The molecule has 0 radical (unpaired) electrons. The van der Waals surface area contributed by atoms with Gasteiger partial charge < -0.3 is 9.84 Å². The van der Waals surface area contributed by atoms with Crippen molar-refractivity contribution in [2.45, 2.75) is 6.92 Å². The Morgan fingerprint density at radius 2 is 2.05 bits per heavy atom. The highest BCUT2D eigenvalue weighted by Gasteiger charge is 2.17. The Balaban J connectivity index is 2.44. The SMILES string of the molecule is Cc1ccnc(Oc2ccc(F)cc2F)c1C(=O)O. The number of rotatable bonds is 3. The van der Waals surface area contributed by atoms with Gasteiger partial charge in [0, 0.05) is 12.3 Å². The Kier molecular flexibility index (Phi) is 3.41. The van der Waals surface area contributed by atoms with Gasteiger partial charge in [-0.1, -0.05) is 0 Å². The van der Waals surface area contributed by atoms with E-state index in [-0.39, 0.29) is 17.2 Å². The summed E-state index contributed by atoms with van der Waals surface area (Å²) in [5.74, 6) is -3.44. The second-order valence-corrected chi connectivity index (χ2v) is 3.79. The van der Waals surface area contributed by atoms with Crippen LogP contribution in [-0.2, 0) is 0 Å². The van der Waals surface area contributed by atoms with E-state index in [4.69, 9.17) is 9.84 Å². The van der Waals surface area contributed by atoms with Crippen molar-refractivity contribution in [3.05, 3.63) is 53.2 Å². The van der Waals surface area contributed by atoms with E-state index in [0.29, 0.717) is 11.6 Å². The predicted octanol–water partition coefficient (Wildman–Crippen LogP) is 3.16. The standard InChI is InChI=1S/C13H9F2NO3/c1-7-4-5-16-12(11(7)13(17)18)19-10-3-2-8(14)6-9(10)15/h2-6H,1H3,(H,17,18). The molecule has 0 spiro atoms. The summed E-state index contributed by atoms with van der Waals surface area (Å²) in [6.45, 7) is 1.57. The summed E-state index contributed by atoms with van der Waals surface area (Å²) in [6, 6.07) is 4.22. The molecule has 0 aliphatic carbocycles. The van der Waals surface area contributed by atoms with E-state index in [1.54, 1.807) is 6.92 Å². The molecular weight excluding hydrogens is 256 g/mol. The molecule has 0 amide bonds. The third kappa shape index (κ3) is 2.67. The van der Waals surface area contributed by atoms with E-state index in [1.807, 2.05) is 0 Å². The number of aromatic nitrogens is 1. The van der Waals surface area contributed by atoms with Crippen LogP contribution < -0.4 is 4.74 Å².